The lowest BCUT2D eigenvalue weighted by Gasteiger charge is -2.23. The number of benzene rings is 1. The van der Waals surface area contributed by atoms with Gasteiger partial charge in [-0.15, -0.1) is 0 Å². The maximum Gasteiger partial charge on any atom is 0.292 e. The van der Waals surface area contributed by atoms with Crippen molar-refractivity contribution in [3.8, 4) is 11.3 Å². The van der Waals surface area contributed by atoms with Crippen LogP contribution in [0, 0.1) is 6.92 Å². The van der Waals surface area contributed by atoms with Crippen LogP contribution in [0.2, 0.25) is 0 Å². The van der Waals surface area contributed by atoms with Gasteiger partial charge in [0.15, 0.2) is 0 Å². The summed E-state index contributed by atoms with van der Waals surface area (Å²) in [4.78, 5) is 25.3. The van der Waals surface area contributed by atoms with Crippen molar-refractivity contribution >= 4 is 11.7 Å². The van der Waals surface area contributed by atoms with Crippen molar-refractivity contribution in [3.05, 3.63) is 59.7 Å². The van der Waals surface area contributed by atoms with Crippen LogP contribution in [0.3, 0.4) is 0 Å². The minimum Gasteiger partial charge on any atom is -0.384 e. The standard InChI is InChI=1S/C21H24N6O2/c1-14-3-5-15(6-4-14)17-11-18(29-25-17)21(28)27-10-8-16(12-27)26(2)13-20-23-9-7-19(22)24-20/h3-7,9,11,16H,8,10,12-13H2,1-2H3,(H2,22,23,24)/t16-/m0/s1. The fraction of sp³-hybridized carbons (Fsp3) is 0.333. The number of amides is 1. The molecule has 0 bridgehead atoms. The van der Waals surface area contributed by atoms with E-state index in [1.54, 1.807) is 23.2 Å². The Balaban J connectivity index is 1.38. The number of likely N-dealkylation sites (N-methyl/N-ethyl adjacent to an activating group) is 1. The number of nitrogens with zero attached hydrogens (tertiary/aromatic N) is 5. The van der Waals surface area contributed by atoms with Crippen molar-refractivity contribution in [2.75, 3.05) is 25.9 Å². The van der Waals surface area contributed by atoms with Gasteiger partial charge in [-0.05, 0) is 26.5 Å². The van der Waals surface area contributed by atoms with Crippen LogP contribution in [0.1, 0.15) is 28.4 Å². The van der Waals surface area contributed by atoms with E-state index in [0.29, 0.717) is 37.0 Å². The fourth-order valence-corrected chi connectivity index (χ4v) is 3.52. The number of rotatable bonds is 5. The van der Waals surface area contributed by atoms with Crippen molar-refractivity contribution in [3.63, 3.8) is 0 Å². The van der Waals surface area contributed by atoms with Crippen LogP contribution < -0.4 is 5.73 Å². The molecule has 1 atom stereocenters. The van der Waals surface area contributed by atoms with E-state index in [2.05, 4.69) is 20.0 Å². The van der Waals surface area contributed by atoms with Crippen molar-refractivity contribution in [2.24, 2.45) is 0 Å². The van der Waals surface area contributed by atoms with Crippen molar-refractivity contribution in [1.29, 1.82) is 0 Å². The van der Waals surface area contributed by atoms with E-state index in [0.717, 1.165) is 12.0 Å². The smallest absolute Gasteiger partial charge is 0.292 e. The Morgan fingerprint density at radius 2 is 2.10 bits per heavy atom. The van der Waals surface area contributed by atoms with Crippen LogP contribution in [0.15, 0.2) is 47.1 Å². The molecule has 1 fully saturated rings. The SMILES string of the molecule is Cc1ccc(-c2cc(C(=O)N3CC[C@H](N(C)Cc4nccc(N)n4)C3)on2)cc1. The molecule has 0 spiro atoms. The van der Waals surface area contributed by atoms with Gasteiger partial charge in [0.05, 0.1) is 6.54 Å². The van der Waals surface area contributed by atoms with Crippen LogP contribution in [0.5, 0.6) is 0 Å². The number of aryl methyl sites for hydroxylation is 1. The monoisotopic (exact) mass is 392 g/mol. The highest BCUT2D eigenvalue weighted by Crippen LogP contribution is 2.23. The Morgan fingerprint density at radius 1 is 1.31 bits per heavy atom. The molecule has 3 heterocycles. The van der Waals surface area contributed by atoms with Gasteiger partial charge < -0.3 is 15.2 Å². The van der Waals surface area contributed by atoms with E-state index in [-0.39, 0.29) is 17.7 Å². The zero-order chi connectivity index (χ0) is 20.4. The first-order chi connectivity index (χ1) is 14.0. The molecular weight excluding hydrogens is 368 g/mol. The second kappa shape index (κ2) is 8.00. The number of nitrogen functional groups attached to an aromatic ring is 1. The van der Waals surface area contributed by atoms with Gasteiger partial charge in [0.25, 0.3) is 5.91 Å². The average molecular weight is 392 g/mol. The molecule has 0 unspecified atom stereocenters. The van der Waals surface area contributed by atoms with Crippen LogP contribution in [0.4, 0.5) is 5.82 Å². The van der Waals surface area contributed by atoms with E-state index < -0.39 is 0 Å². The van der Waals surface area contributed by atoms with E-state index in [9.17, 15) is 4.79 Å². The molecule has 0 aliphatic carbocycles. The number of carbonyl (C=O) groups is 1. The number of carbonyl (C=O) groups excluding carboxylic acids is 1. The van der Waals surface area contributed by atoms with Gasteiger partial charge >= 0.3 is 0 Å². The first kappa shape index (κ1) is 19.1. The molecule has 4 rings (SSSR count). The van der Waals surface area contributed by atoms with E-state index in [4.69, 9.17) is 10.3 Å². The maximum atomic E-state index is 12.8. The molecule has 1 aromatic carbocycles. The highest BCUT2D eigenvalue weighted by molar-refractivity contribution is 5.92. The molecule has 0 saturated carbocycles. The molecule has 8 heteroatoms. The maximum absolute atomic E-state index is 12.8. The first-order valence-corrected chi connectivity index (χ1v) is 9.60. The summed E-state index contributed by atoms with van der Waals surface area (Å²) in [6, 6.07) is 11.6. The molecule has 150 valence electrons. The van der Waals surface area contributed by atoms with E-state index in [1.165, 1.54) is 5.56 Å². The van der Waals surface area contributed by atoms with E-state index in [1.807, 2.05) is 38.2 Å². The fourth-order valence-electron chi connectivity index (χ4n) is 3.52. The molecule has 1 amide bonds. The van der Waals surface area contributed by atoms with Gasteiger partial charge in [-0.1, -0.05) is 35.0 Å². The molecule has 29 heavy (non-hydrogen) atoms. The second-order valence-corrected chi connectivity index (χ2v) is 7.45. The molecule has 8 nitrogen and oxygen atoms in total. The van der Waals surface area contributed by atoms with Crippen LogP contribution in [0.25, 0.3) is 11.3 Å². The summed E-state index contributed by atoms with van der Waals surface area (Å²) in [5, 5.41) is 4.07. The van der Waals surface area contributed by atoms with Gasteiger partial charge in [-0.2, -0.15) is 0 Å². The quantitative estimate of drug-likeness (QED) is 0.711. The van der Waals surface area contributed by atoms with Gasteiger partial charge in [-0.25, -0.2) is 9.97 Å². The predicted octanol–water partition coefficient (Wildman–Crippen LogP) is 2.37. The van der Waals surface area contributed by atoms with Crippen LogP contribution in [-0.4, -0.2) is 57.0 Å². The summed E-state index contributed by atoms with van der Waals surface area (Å²) in [7, 11) is 2.01. The second-order valence-electron chi connectivity index (χ2n) is 7.45. The Bertz CT molecular complexity index is 1000. The zero-order valence-corrected chi connectivity index (χ0v) is 16.6. The van der Waals surface area contributed by atoms with Crippen molar-refractivity contribution in [1.82, 2.24) is 24.9 Å². The first-order valence-electron chi connectivity index (χ1n) is 9.60. The Labute approximate surface area is 169 Å². The van der Waals surface area contributed by atoms with Gasteiger partial charge in [-0.3, -0.25) is 9.69 Å². The summed E-state index contributed by atoms with van der Waals surface area (Å²) in [5.74, 6) is 1.27. The molecule has 1 aliphatic heterocycles. The minimum absolute atomic E-state index is 0.132. The molecule has 3 aromatic rings. The number of nitrogens with two attached hydrogens (primary N) is 1. The summed E-state index contributed by atoms with van der Waals surface area (Å²) in [6.07, 6.45) is 2.54. The molecule has 2 N–H and O–H groups in total. The number of hydrogen-bond acceptors (Lipinski definition) is 7. The Hall–Kier alpha value is -3.26. The molecule has 1 saturated heterocycles. The number of likely N-dealkylation sites (tertiary alicyclic amines) is 1. The Morgan fingerprint density at radius 3 is 2.86 bits per heavy atom. The Kier molecular flexibility index (Phi) is 5.26. The zero-order valence-electron chi connectivity index (χ0n) is 16.6. The predicted molar refractivity (Wildman–Crippen MR) is 109 cm³/mol. The van der Waals surface area contributed by atoms with Crippen molar-refractivity contribution < 1.29 is 9.32 Å². The number of aromatic nitrogens is 3. The third kappa shape index (κ3) is 4.27. The highest BCUT2D eigenvalue weighted by atomic mass is 16.5. The van der Waals surface area contributed by atoms with Gasteiger partial charge in [0.2, 0.25) is 5.76 Å². The molecule has 1 aliphatic rings. The third-order valence-electron chi connectivity index (χ3n) is 5.26. The topological polar surface area (TPSA) is 101 Å². The summed E-state index contributed by atoms with van der Waals surface area (Å²) in [5.41, 5.74) is 8.49. The number of hydrogen-bond donors (Lipinski definition) is 1. The van der Waals surface area contributed by atoms with Gasteiger partial charge in [0, 0.05) is 37.0 Å². The summed E-state index contributed by atoms with van der Waals surface area (Å²) >= 11 is 0. The lowest BCUT2D eigenvalue weighted by atomic mass is 10.1. The van der Waals surface area contributed by atoms with Crippen LogP contribution >= 0.6 is 0 Å². The van der Waals surface area contributed by atoms with Crippen LogP contribution in [-0.2, 0) is 6.54 Å². The molecule has 2 aromatic heterocycles. The lowest BCUT2D eigenvalue weighted by molar-refractivity contribution is 0.0738. The van der Waals surface area contributed by atoms with Crippen molar-refractivity contribution in [2.45, 2.75) is 25.9 Å². The molecular formula is C21H24N6O2. The average Bonchev–Trinajstić information content (AvgIpc) is 3.38. The summed E-state index contributed by atoms with van der Waals surface area (Å²) < 4.78 is 5.34. The van der Waals surface area contributed by atoms with E-state index >= 15 is 0 Å². The van der Waals surface area contributed by atoms with Gasteiger partial charge in [0.1, 0.15) is 17.3 Å². The third-order valence-corrected chi connectivity index (χ3v) is 5.26. The summed E-state index contributed by atoms with van der Waals surface area (Å²) in [6.45, 7) is 3.91. The minimum atomic E-state index is -0.132. The lowest BCUT2D eigenvalue weighted by Crippen LogP contribution is -2.36. The number of anilines is 1. The highest BCUT2D eigenvalue weighted by Gasteiger charge is 2.31. The largest absolute Gasteiger partial charge is 0.384 e. The normalized spacial score (nSPS) is 16.5. The molecule has 0 radical (unpaired) electrons.